The van der Waals surface area contributed by atoms with Crippen LogP contribution in [-0.4, -0.2) is 19.3 Å². The lowest BCUT2D eigenvalue weighted by molar-refractivity contribution is 0.124. The van der Waals surface area contributed by atoms with Gasteiger partial charge < -0.3 is 4.74 Å². The number of hydrazine groups is 1. The van der Waals surface area contributed by atoms with Gasteiger partial charge in [0.15, 0.2) is 0 Å². The molecule has 17 heavy (non-hydrogen) atoms. The molecule has 0 aromatic heterocycles. The van der Waals surface area contributed by atoms with Crippen LogP contribution in [0.15, 0.2) is 24.3 Å². The van der Waals surface area contributed by atoms with Crippen molar-refractivity contribution in [3.63, 3.8) is 0 Å². The smallest absolute Gasteiger partial charge is 0.0481 e. The summed E-state index contributed by atoms with van der Waals surface area (Å²) in [6.07, 6.45) is 2.97. The largest absolute Gasteiger partial charge is 0.381 e. The number of hydrogen-bond acceptors (Lipinski definition) is 3. The van der Waals surface area contributed by atoms with E-state index in [1.807, 2.05) is 0 Å². The third-order valence-electron chi connectivity index (χ3n) is 2.76. The SMILES string of the molecule is CCCOCCC(Cc1cccc(C)c1)NN. The fraction of sp³-hybridized carbons (Fsp3) is 0.571. The maximum absolute atomic E-state index is 5.57. The fourth-order valence-corrected chi connectivity index (χ4v) is 1.84. The highest BCUT2D eigenvalue weighted by atomic mass is 16.5. The van der Waals surface area contributed by atoms with Crippen LogP contribution in [0.1, 0.15) is 30.9 Å². The number of rotatable bonds is 8. The quantitative estimate of drug-likeness (QED) is 0.413. The van der Waals surface area contributed by atoms with Gasteiger partial charge in [0.2, 0.25) is 0 Å². The molecule has 1 aromatic rings. The summed E-state index contributed by atoms with van der Waals surface area (Å²) in [7, 11) is 0. The van der Waals surface area contributed by atoms with Crippen LogP contribution >= 0.6 is 0 Å². The van der Waals surface area contributed by atoms with Crippen LogP contribution < -0.4 is 11.3 Å². The molecule has 0 heterocycles. The van der Waals surface area contributed by atoms with E-state index in [0.717, 1.165) is 32.5 Å². The second-order valence-corrected chi connectivity index (χ2v) is 4.46. The Morgan fingerprint density at radius 2 is 2.18 bits per heavy atom. The van der Waals surface area contributed by atoms with Gasteiger partial charge in [0.05, 0.1) is 0 Å². The van der Waals surface area contributed by atoms with Gasteiger partial charge >= 0.3 is 0 Å². The second-order valence-electron chi connectivity index (χ2n) is 4.46. The summed E-state index contributed by atoms with van der Waals surface area (Å²) >= 11 is 0. The number of hydrogen-bond donors (Lipinski definition) is 2. The summed E-state index contributed by atoms with van der Waals surface area (Å²) in [6, 6.07) is 8.83. The summed E-state index contributed by atoms with van der Waals surface area (Å²) in [6.45, 7) is 5.83. The average molecular weight is 236 g/mol. The van der Waals surface area contributed by atoms with Crippen LogP contribution in [0.2, 0.25) is 0 Å². The van der Waals surface area contributed by atoms with E-state index in [1.165, 1.54) is 11.1 Å². The molecule has 1 atom stereocenters. The summed E-state index contributed by atoms with van der Waals surface area (Å²) < 4.78 is 5.48. The van der Waals surface area contributed by atoms with E-state index in [1.54, 1.807) is 0 Å². The van der Waals surface area contributed by atoms with E-state index in [-0.39, 0.29) is 6.04 Å². The van der Waals surface area contributed by atoms with Crippen molar-refractivity contribution >= 4 is 0 Å². The second kappa shape index (κ2) is 8.23. The summed E-state index contributed by atoms with van der Waals surface area (Å²) in [5.41, 5.74) is 5.48. The van der Waals surface area contributed by atoms with E-state index in [4.69, 9.17) is 10.6 Å². The highest BCUT2D eigenvalue weighted by Gasteiger charge is 2.07. The molecule has 1 unspecified atom stereocenters. The van der Waals surface area contributed by atoms with Gasteiger partial charge in [-0.25, -0.2) is 0 Å². The number of benzene rings is 1. The molecule has 0 spiro atoms. The van der Waals surface area contributed by atoms with Gasteiger partial charge in [-0.1, -0.05) is 36.8 Å². The molecule has 0 fully saturated rings. The summed E-state index contributed by atoms with van der Waals surface area (Å²) in [4.78, 5) is 0. The molecular formula is C14H24N2O. The minimum absolute atomic E-state index is 0.286. The maximum atomic E-state index is 5.57. The Morgan fingerprint density at radius 1 is 1.35 bits per heavy atom. The Morgan fingerprint density at radius 3 is 2.82 bits per heavy atom. The van der Waals surface area contributed by atoms with Gasteiger partial charge in [-0.15, -0.1) is 0 Å². The third-order valence-corrected chi connectivity index (χ3v) is 2.76. The predicted molar refractivity (Wildman–Crippen MR) is 71.7 cm³/mol. The maximum Gasteiger partial charge on any atom is 0.0481 e. The predicted octanol–water partition coefficient (Wildman–Crippen LogP) is 2.19. The minimum atomic E-state index is 0.286. The molecule has 1 aromatic carbocycles. The topological polar surface area (TPSA) is 47.3 Å². The zero-order valence-corrected chi connectivity index (χ0v) is 10.9. The number of ether oxygens (including phenoxy) is 1. The molecule has 0 saturated carbocycles. The summed E-state index contributed by atoms with van der Waals surface area (Å²) in [5.74, 6) is 5.57. The van der Waals surface area contributed by atoms with Crippen LogP contribution in [0.3, 0.4) is 0 Å². The van der Waals surface area contributed by atoms with E-state index in [0.29, 0.717) is 0 Å². The van der Waals surface area contributed by atoms with Gasteiger partial charge in [-0.2, -0.15) is 0 Å². The third kappa shape index (κ3) is 5.82. The van der Waals surface area contributed by atoms with Crippen molar-refractivity contribution in [3.8, 4) is 0 Å². The molecule has 0 radical (unpaired) electrons. The Kier molecular flexibility index (Phi) is 6.86. The normalized spacial score (nSPS) is 12.6. The van der Waals surface area contributed by atoms with Crippen LogP contribution in [0.4, 0.5) is 0 Å². The fourth-order valence-electron chi connectivity index (χ4n) is 1.84. The lowest BCUT2D eigenvalue weighted by Gasteiger charge is -2.16. The van der Waals surface area contributed by atoms with E-state index >= 15 is 0 Å². The highest BCUT2D eigenvalue weighted by Crippen LogP contribution is 2.08. The number of nitrogens with two attached hydrogens (primary N) is 1. The molecule has 3 nitrogen and oxygen atoms in total. The Labute approximate surface area is 104 Å². The molecule has 3 heteroatoms. The zero-order valence-electron chi connectivity index (χ0n) is 10.9. The molecule has 0 aliphatic carbocycles. The molecule has 0 bridgehead atoms. The van der Waals surface area contributed by atoms with Crippen LogP contribution in [0.5, 0.6) is 0 Å². The molecule has 0 aliphatic rings. The molecular weight excluding hydrogens is 212 g/mol. The average Bonchev–Trinajstić information content (AvgIpc) is 2.33. The van der Waals surface area contributed by atoms with Crippen molar-refractivity contribution in [3.05, 3.63) is 35.4 Å². The van der Waals surface area contributed by atoms with E-state index < -0.39 is 0 Å². The van der Waals surface area contributed by atoms with E-state index in [9.17, 15) is 0 Å². The number of nitrogens with one attached hydrogen (secondary N) is 1. The molecule has 1 rings (SSSR count). The summed E-state index contributed by atoms with van der Waals surface area (Å²) in [5, 5.41) is 0. The molecule has 96 valence electrons. The van der Waals surface area contributed by atoms with Crippen molar-refractivity contribution in [2.75, 3.05) is 13.2 Å². The van der Waals surface area contributed by atoms with E-state index in [2.05, 4.69) is 43.5 Å². The first-order valence-corrected chi connectivity index (χ1v) is 6.35. The first-order valence-electron chi connectivity index (χ1n) is 6.35. The lowest BCUT2D eigenvalue weighted by Crippen LogP contribution is -2.37. The Balaban J connectivity index is 2.35. The van der Waals surface area contributed by atoms with Crippen molar-refractivity contribution in [1.82, 2.24) is 5.43 Å². The first kappa shape index (κ1) is 14.2. The monoisotopic (exact) mass is 236 g/mol. The standard InChI is InChI=1S/C14H24N2O/c1-3-8-17-9-7-14(16-15)11-13-6-4-5-12(2)10-13/h4-6,10,14,16H,3,7-9,11,15H2,1-2H3. The van der Waals surface area contributed by atoms with Crippen molar-refractivity contribution in [1.29, 1.82) is 0 Å². The Bertz CT molecular complexity index is 315. The number of aryl methyl sites for hydroxylation is 1. The molecule has 3 N–H and O–H groups in total. The van der Waals surface area contributed by atoms with Crippen molar-refractivity contribution in [2.45, 2.75) is 39.2 Å². The lowest BCUT2D eigenvalue weighted by atomic mass is 10.0. The zero-order chi connectivity index (χ0) is 12.5. The molecule has 0 aliphatic heterocycles. The molecule has 0 amide bonds. The van der Waals surface area contributed by atoms with Crippen molar-refractivity contribution < 1.29 is 4.74 Å². The van der Waals surface area contributed by atoms with Gasteiger partial charge in [-0.3, -0.25) is 11.3 Å². The Hall–Kier alpha value is -0.900. The van der Waals surface area contributed by atoms with Crippen LogP contribution in [0.25, 0.3) is 0 Å². The van der Waals surface area contributed by atoms with Crippen LogP contribution in [-0.2, 0) is 11.2 Å². The minimum Gasteiger partial charge on any atom is -0.381 e. The highest BCUT2D eigenvalue weighted by molar-refractivity contribution is 5.22. The van der Waals surface area contributed by atoms with Crippen LogP contribution in [0, 0.1) is 6.92 Å². The van der Waals surface area contributed by atoms with Gasteiger partial charge in [0, 0.05) is 19.3 Å². The first-order chi connectivity index (χ1) is 8.26. The van der Waals surface area contributed by atoms with Gasteiger partial charge in [0.25, 0.3) is 0 Å². The van der Waals surface area contributed by atoms with Gasteiger partial charge in [-0.05, 0) is 31.7 Å². The van der Waals surface area contributed by atoms with Crippen molar-refractivity contribution in [2.24, 2.45) is 5.84 Å². The van der Waals surface area contributed by atoms with Gasteiger partial charge in [0.1, 0.15) is 0 Å². The molecule has 0 saturated heterocycles.